The van der Waals surface area contributed by atoms with Gasteiger partial charge in [0.05, 0.1) is 6.04 Å². The van der Waals surface area contributed by atoms with Crippen LogP contribution in [0, 0.1) is 0 Å². The molecule has 0 aliphatic carbocycles. The summed E-state index contributed by atoms with van der Waals surface area (Å²) in [5.41, 5.74) is 2.71. The van der Waals surface area contributed by atoms with E-state index in [2.05, 4.69) is 79.7 Å². The standard InChI is InChI=1S/C18H32N4.HI/c1-7-14(3)21-18(19-4)20-13-17(22(5)6)16-11-9-15(8-2)10-12-16;/h9-12,14,17H,7-8,13H2,1-6H3,(H2,19,20,21);1H. The van der Waals surface area contributed by atoms with Crippen LogP contribution in [0.1, 0.15) is 44.4 Å². The number of halogens is 1. The molecule has 4 nitrogen and oxygen atoms in total. The number of hydrogen-bond acceptors (Lipinski definition) is 2. The number of likely N-dealkylation sites (N-methyl/N-ethyl adjacent to an activating group) is 1. The zero-order chi connectivity index (χ0) is 16.5. The Hall–Kier alpha value is -0.820. The van der Waals surface area contributed by atoms with Gasteiger partial charge < -0.3 is 15.5 Å². The highest BCUT2D eigenvalue weighted by molar-refractivity contribution is 14.0. The molecule has 2 unspecified atom stereocenters. The molecule has 2 N–H and O–H groups in total. The maximum Gasteiger partial charge on any atom is 0.191 e. The molecule has 0 aliphatic heterocycles. The van der Waals surface area contributed by atoms with E-state index >= 15 is 0 Å². The highest BCUT2D eigenvalue weighted by Gasteiger charge is 2.15. The van der Waals surface area contributed by atoms with E-state index in [1.165, 1.54) is 11.1 Å². The first-order valence-electron chi connectivity index (χ1n) is 8.24. The fraction of sp³-hybridized carbons (Fsp3) is 0.611. The minimum Gasteiger partial charge on any atom is -0.354 e. The molecule has 0 aromatic heterocycles. The Morgan fingerprint density at radius 2 is 1.78 bits per heavy atom. The Labute approximate surface area is 159 Å². The zero-order valence-corrected chi connectivity index (χ0v) is 17.7. The maximum absolute atomic E-state index is 4.30. The van der Waals surface area contributed by atoms with E-state index in [1.807, 2.05) is 7.05 Å². The van der Waals surface area contributed by atoms with E-state index < -0.39 is 0 Å². The smallest absolute Gasteiger partial charge is 0.191 e. The number of guanidine groups is 1. The average Bonchev–Trinajstić information content (AvgIpc) is 2.53. The number of nitrogens with zero attached hydrogens (tertiary/aromatic N) is 2. The molecular weight excluding hydrogens is 399 g/mol. The van der Waals surface area contributed by atoms with Crippen LogP contribution in [0.15, 0.2) is 29.3 Å². The molecule has 0 fully saturated rings. The Morgan fingerprint density at radius 1 is 1.17 bits per heavy atom. The lowest BCUT2D eigenvalue weighted by Gasteiger charge is -2.27. The lowest BCUT2D eigenvalue weighted by Crippen LogP contribution is -2.44. The molecule has 0 radical (unpaired) electrons. The second-order valence-electron chi connectivity index (χ2n) is 5.98. The Bertz CT molecular complexity index is 457. The lowest BCUT2D eigenvalue weighted by atomic mass is 10.0. The summed E-state index contributed by atoms with van der Waals surface area (Å²) in [7, 11) is 6.05. The first kappa shape index (κ1) is 22.2. The fourth-order valence-electron chi connectivity index (χ4n) is 2.30. The van der Waals surface area contributed by atoms with Gasteiger partial charge in [0.1, 0.15) is 0 Å². The van der Waals surface area contributed by atoms with Crippen LogP contribution >= 0.6 is 24.0 Å². The van der Waals surface area contributed by atoms with Crippen LogP contribution in [0.5, 0.6) is 0 Å². The van der Waals surface area contributed by atoms with E-state index in [4.69, 9.17) is 0 Å². The van der Waals surface area contributed by atoms with E-state index in [1.54, 1.807) is 0 Å². The molecule has 0 aliphatic rings. The van der Waals surface area contributed by atoms with Crippen molar-refractivity contribution in [2.45, 2.75) is 45.7 Å². The van der Waals surface area contributed by atoms with Gasteiger partial charge >= 0.3 is 0 Å². The molecule has 0 amide bonds. The number of benzene rings is 1. The van der Waals surface area contributed by atoms with E-state index in [-0.39, 0.29) is 24.0 Å². The lowest BCUT2D eigenvalue weighted by molar-refractivity contribution is 0.298. The van der Waals surface area contributed by atoms with Gasteiger partial charge in [-0.1, -0.05) is 38.1 Å². The third-order valence-corrected chi connectivity index (χ3v) is 4.08. The van der Waals surface area contributed by atoms with Crippen LogP contribution in [-0.4, -0.2) is 44.6 Å². The van der Waals surface area contributed by atoms with Gasteiger partial charge in [0, 0.05) is 19.6 Å². The van der Waals surface area contributed by atoms with Crippen LogP contribution in [-0.2, 0) is 6.42 Å². The number of aryl methyl sites for hydroxylation is 1. The Kier molecular flexibility index (Phi) is 11.3. The minimum absolute atomic E-state index is 0. The van der Waals surface area contributed by atoms with E-state index in [0.29, 0.717) is 12.1 Å². The summed E-state index contributed by atoms with van der Waals surface area (Å²) >= 11 is 0. The number of rotatable bonds is 7. The van der Waals surface area contributed by atoms with Gasteiger partial charge in [0.2, 0.25) is 0 Å². The maximum atomic E-state index is 4.30. The quantitative estimate of drug-likeness (QED) is 0.394. The summed E-state index contributed by atoms with van der Waals surface area (Å²) in [4.78, 5) is 6.54. The van der Waals surface area contributed by atoms with E-state index in [9.17, 15) is 0 Å². The molecule has 2 atom stereocenters. The summed E-state index contributed by atoms with van der Waals surface area (Å²) < 4.78 is 0. The SMILES string of the molecule is CCc1ccc(C(CNC(=NC)NC(C)CC)N(C)C)cc1.I. The predicted molar refractivity (Wildman–Crippen MR) is 112 cm³/mol. The molecule has 1 aromatic carbocycles. The van der Waals surface area contributed by atoms with Gasteiger partial charge in [0.15, 0.2) is 5.96 Å². The van der Waals surface area contributed by atoms with Crippen molar-refractivity contribution < 1.29 is 0 Å². The Balaban J connectivity index is 0.00000484. The molecule has 5 heteroatoms. The van der Waals surface area contributed by atoms with Crippen molar-refractivity contribution in [1.82, 2.24) is 15.5 Å². The molecule has 0 spiro atoms. The van der Waals surface area contributed by atoms with Gasteiger partial charge in [-0.3, -0.25) is 4.99 Å². The minimum atomic E-state index is 0. The molecular formula is C18H33IN4. The summed E-state index contributed by atoms with van der Waals surface area (Å²) in [5.74, 6) is 0.867. The first-order chi connectivity index (χ1) is 10.5. The molecule has 23 heavy (non-hydrogen) atoms. The second kappa shape index (κ2) is 11.7. The molecule has 1 rings (SSSR count). The molecule has 1 aromatic rings. The van der Waals surface area contributed by atoms with Crippen molar-refractivity contribution in [3.8, 4) is 0 Å². The predicted octanol–water partition coefficient (Wildman–Crippen LogP) is 3.43. The highest BCUT2D eigenvalue weighted by atomic mass is 127. The van der Waals surface area contributed by atoms with E-state index in [0.717, 1.165) is 25.3 Å². The topological polar surface area (TPSA) is 39.7 Å². The average molecular weight is 432 g/mol. The monoisotopic (exact) mass is 432 g/mol. The van der Waals surface area contributed by atoms with Crippen LogP contribution in [0.4, 0.5) is 0 Å². The summed E-state index contributed by atoms with van der Waals surface area (Å²) in [6.45, 7) is 7.35. The third-order valence-electron chi connectivity index (χ3n) is 4.08. The number of nitrogens with one attached hydrogen (secondary N) is 2. The summed E-state index contributed by atoms with van der Waals surface area (Å²) in [6.07, 6.45) is 2.16. The van der Waals surface area contributed by atoms with Crippen molar-refractivity contribution in [2.75, 3.05) is 27.7 Å². The van der Waals surface area contributed by atoms with Crippen LogP contribution < -0.4 is 10.6 Å². The van der Waals surface area contributed by atoms with Gasteiger partial charge in [-0.2, -0.15) is 0 Å². The van der Waals surface area contributed by atoms with Gasteiger partial charge in [-0.25, -0.2) is 0 Å². The van der Waals surface area contributed by atoms with Crippen LogP contribution in [0.25, 0.3) is 0 Å². The molecule has 0 heterocycles. The van der Waals surface area contributed by atoms with Crippen molar-refractivity contribution >= 4 is 29.9 Å². The molecule has 0 bridgehead atoms. The van der Waals surface area contributed by atoms with Crippen LogP contribution in [0.2, 0.25) is 0 Å². The zero-order valence-electron chi connectivity index (χ0n) is 15.4. The van der Waals surface area contributed by atoms with Gasteiger partial charge in [-0.15, -0.1) is 24.0 Å². The third kappa shape index (κ3) is 7.52. The van der Waals surface area contributed by atoms with Gasteiger partial charge in [0.25, 0.3) is 0 Å². The largest absolute Gasteiger partial charge is 0.354 e. The van der Waals surface area contributed by atoms with Gasteiger partial charge in [-0.05, 0) is 45.0 Å². The molecule has 0 saturated heterocycles. The molecule has 132 valence electrons. The van der Waals surface area contributed by atoms with Crippen molar-refractivity contribution in [2.24, 2.45) is 4.99 Å². The Morgan fingerprint density at radius 3 is 2.22 bits per heavy atom. The first-order valence-corrected chi connectivity index (χ1v) is 8.24. The summed E-state index contributed by atoms with van der Waals surface area (Å²) in [6, 6.07) is 9.65. The van der Waals surface area contributed by atoms with Crippen molar-refractivity contribution in [3.05, 3.63) is 35.4 Å². The fourth-order valence-corrected chi connectivity index (χ4v) is 2.30. The highest BCUT2D eigenvalue weighted by Crippen LogP contribution is 2.18. The van der Waals surface area contributed by atoms with Crippen molar-refractivity contribution in [3.63, 3.8) is 0 Å². The normalized spacial score (nSPS) is 14.1. The number of aliphatic imine (C=N–C) groups is 1. The number of hydrogen-bond donors (Lipinski definition) is 2. The second-order valence-corrected chi connectivity index (χ2v) is 5.98. The van der Waals surface area contributed by atoms with Crippen LogP contribution in [0.3, 0.4) is 0 Å². The summed E-state index contributed by atoms with van der Waals surface area (Å²) in [5, 5.41) is 6.84. The molecule has 0 saturated carbocycles. The van der Waals surface area contributed by atoms with Crippen molar-refractivity contribution in [1.29, 1.82) is 0 Å².